The molecule has 0 aliphatic carbocycles. The molecule has 0 aromatic heterocycles. The fourth-order valence-electron chi connectivity index (χ4n) is 2.99. The maximum Gasteiger partial charge on any atom is 0.326 e. The molecule has 1 saturated heterocycles. The maximum absolute atomic E-state index is 13.9. The van der Waals surface area contributed by atoms with Crippen LogP contribution in [0.3, 0.4) is 0 Å². The third kappa shape index (κ3) is 5.06. The zero-order valence-electron chi connectivity index (χ0n) is 14.9. The predicted molar refractivity (Wildman–Crippen MR) is 96.3 cm³/mol. The Kier molecular flexibility index (Phi) is 6.95. The highest BCUT2D eigenvalue weighted by molar-refractivity contribution is 8.14. The molecule has 146 valence electrons. The molecule has 0 bridgehead atoms. The summed E-state index contributed by atoms with van der Waals surface area (Å²) >= 11 is 0.678. The number of nitrogens with zero attached hydrogens (tertiary/aromatic N) is 1. The lowest BCUT2D eigenvalue weighted by molar-refractivity contribution is -0.148. The van der Waals surface area contributed by atoms with Gasteiger partial charge in [0.25, 0.3) is 0 Å². The van der Waals surface area contributed by atoms with Crippen LogP contribution in [0.1, 0.15) is 36.5 Å². The molecule has 2 rings (SSSR count). The lowest BCUT2D eigenvalue weighted by Gasteiger charge is -2.23. The molecule has 7 nitrogen and oxygen atoms in total. The topological polar surface area (TPSA) is 101 Å². The minimum absolute atomic E-state index is 0.0102. The second kappa shape index (κ2) is 8.98. The number of carboxylic acids is 1. The molecule has 1 fully saturated rings. The minimum Gasteiger partial charge on any atom is -0.494 e. The first-order chi connectivity index (χ1) is 12.7. The zero-order chi connectivity index (χ0) is 20.1. The second-order valence-electron chi connectivity index (χ2n) is 6.10. The third-order valence-electron chi connectivity index (χ3n) is 4.26. The Bertz CT molecular complexity index is 768. The van der Waals surface area contributed by atoms with Crippen molar-refractivity contribution in [3.05, 3.63) is 29.6 Å². The van der Waals surface area contributed by atoms with Gasteiger partial charge in [-0.1, -0.05) is 11.8 Å². The molecule has 1 heterocycles. The van der Waals surface area contributed by atoms with Crippen molar-refractivity contribution in [3.8, 4) is 5.75 Å². The molecule has 1 aromatic rings. The summed E-state index contributed by atoms with van der Waals surface area (Å²) in [6.07, 6.45) is 0.578. The summed E-state index contributed by atoms with van der Waals surface area (Å²) in [5.41, 5.74) is 0.0102. The summed E-state index contributed by atoms with van der Waals surface area (Å²) in [7, 11) is 1.29. The van der Waals surface area contributed by atoms with Crippen molar-refractivity contribution in [1.29, 1.82) is 0 Å². The highest BCUT2D eigenvalue weighted by Gasteiger charge is 2.36. The number of halogens is 1. The van der Waals surface area contributed by atoms with Gasteiger partial charge < -0.3 is 14.7 Å². The number of carboxylic acid groups (broad SMARTS) is 1. The van der Waals surface area contributed by atoms with Crippen molar-refractivity contribution < 1.29 is 33.4 Å². The SMILES string of the molecule is COc1ccc(C(=O)C(CC(=O)N2CCC[C@H]2C(=O)O)SC(C)=O)cc1F. The van der Waals surface area contributed by atoms with E-state index in [9.17, 15) is 28.7 Å². The molecule has 1 N–H and O–H groups in total. The van der Waals surface area contributed by atoms with Gasteiger partial charge in [-0.25, -0.2) is 9.18 Å². The molecule has 1 aliphatic rings. The van der Waals surface area contributed by atoms with Gasteiger partial charge in [0.05, 0.1) is 12.4 Å². The van der Waals surface area contributed by atoms with E-state index in [1.807, 2.05) is 0 Å². The van der Waals surface area contributed by atoms with Crippen LogP contribution in [0, 0.1) is 5.82 Å². The van der Waals surface area contributed by atoms with Crippen molar-refractivity contribution in [2.45, 2.75) is 37.5 Å². The second-order valence-corrected chi connectivity index (χ2v) is 7.48. The maximum atomic E-state index is 13.9. The highest BCUT2D eigenvalue weighted by Crippen LogP contribution is 2.26. The predicted octanol–water partition coefficient (Wildman–Crippen LogP) is 2.13. The first kappa shape index (κ1) is 20.9. The normalized spacial score (nSPS) is 17.4. The van der Waals surface area contributed by atoms with Crippen LogP contribution in [0.4, 0.5) is 4.39 Å². The van der Waals surface area contributed by atoms with Gasteiger partial charge in [0.1, 0.15) is 6.04 Å². The van der Waals surface area contributed by atoms with Gasteiger partial charge in [0.2, 0.25) is 5.91 Å². The number of aliphatic carboxylic acids is 1. The molecule has 0 radical (unpaired) electrons. The molecular formula is C18H20FNO6S. The largest absolute Gasteiger partial charge is 0.494 e. The average molecular weight is 397 g/mol. The van der Waals surface area contributed by atoms with Crippen LogP contribution in [-0.2, 0) is 14.4 Å². The number of hydrogen-bond acceptors (Lipinski definition) is 6. The fraction of sp³-hybridized carbons (Fsp3) is 0.444. The lowest BCUT2D eigenvalue weighted by atomic mass is 10.0. The Morgan fingerprint density at radius 3 is 2.63 bits per heavy atom. The number of amides is 1. The van der Waals surface area contributed by atoms with E-state index in [1.54, 1.807) is 0 Å². The number of benzene rings is 1. The zero-order valence-corrected chi connectivity index (χ0v) is 15.8. The van der Waals surface area contributed by atoms with Gasteiger partial charge in [0, 0.05) is 25.5 Å². The van der Waals surface area contributed by atoms with Crippen molar-refractivity contribution >= 4 is 34.5 Å². The highest BCUT2D eigenvalue weighted by atomic mass is 32.2. The Morgan fingerprint density at radius 1 is 1.37 bits per heavy atom. The fourth-order valence-corrected chi connectivity index (χ4v) is 3.86. The van der Waals surface area contributed by atoms with Gasteiger partial charge in [0.15, 0.2) is 22.5 Å². The summed E-state index contributed by atoms with van der Waals surface area (Å²) in [5.74, 6) is -2.94. The van der Waals surface area contributed by atoms with Crippen LogP contribution >= 0.6 is 11.8 Å². The van der Waals surface area contributed by atoms with E-state index < -0.39 is 34.8 Å². The number of rotatable bonds is 7. The number of carbonyl (C=O) groups excluding carboxylic acids is 3. The van der Waals surface area contributed by atoms with Crippen molar-refractivity contribution in [1.82, 2.24) is 4.90 Å². The summed E-state index contributed by atoms with van der Waals surface area (Å²) in [5, 5.41) is 7.78. The summed E-state index contributed by atoms with van der Waals surface area (Å²) in [4.78, 5) is 49.3. The van der Waals surface area contributed by atoms with Gasteiger partial charge in [-0.15, -0.1) is 0 Å². The molecule has 0 spiro atoms. The van der Waals surface area contributed by atoms with Crippen molar-refractivity contribution in [3.63, 3.8) is 0 Å². The Hall–Kier alpha value is -2.42. The van der Waals surface area contributed by atoms with Crippen LogP contribution in [0.15, 0.2) is 18.2 Å². The molecule has 1 unspecified atom stereocenters. The van der Waals surface area contributed by atoms with E-state index in [2.05, 4.69) is 0 Å². The Labute approximate surface area is 159 Å². The lowest BCUT2D eigenvalue weighted by Crippen LogP contribution is -2.42. The van der Waals surface area contributed by atoms with Gasteiger partial charge in [-0.2, -0.15) is 0 Å². The van der Waals surface area contributed by atoms with E-state index in [1.165, 1.54) is 31.1 Å². The quantitative estimate of drug-likeness (QED) is 0.704. The molecule has 0 saturated carbocycles. The van der Waals surface area contributed by atoms with Gasteiger partial charge in [-0.05, 0) is 31.0 Å². The summed E-state index contributed by atoms with van der Waals surface area (Å²) in [6.45, 7) is 1.55. The van der Waals surface area contributed by atoms with E-state index in [-0.39, 0.29) is 22.8 Å². The van der Waals surface area contributed by atoms with Gasteiger partial charge >= 0.3 is 5.97 Å². The number of ketones is 1. The first-order valence-electron chi connectivity index (χ1n) is 8.31. The number of hydrogen-bond donors (Lipinski definition) is 1. The smallest absolute Gasteiger partial charge is 0.326 e. The van der Waals surface area contributed by atoms with Gasteiger partial charge in [-0.3, -0.25) is 14.4 Å². The summed E-state index contributed by atoms with van der Waals surface area (Å²) < 4.78 is 18.7. The first-order valence-corrected chi connectivity index (χ1v) is 9.19. The summed E-state index contributed by atoms with van der Waals surface area (Å²) in [6, 6.07) is 2.72. The van der Waals surface area contributed by atoms with Crippen LogP contribution in [0.5, 0.6) is 5.75 Å². The standard InChI is InChI=1S/C18H20FNO6S/c1-10(21)27-15(9-16(22)20-7-3-4-13(20)18(24)25)17(23)11-5-6-14(26-2)12(19)8-11/h5-6,8,13,15H,3-4,7,9H2,1-2H3,(H,24,25)/t13-,15?/m0/s1. The number of likely N-dealkylation sites (tertiary alicyclic amines) is 1. The van der Waals surface area contributed by atoms with Crippen LogP contribution in [0.2, 0.25) is 0 Å². The number of thioether (sulfide) groups is 1. The van der Waals surface area contributed by atoms with E-state index >= 15 is 0 Å². The Balaban J connectivity index is 2.20. The van der Waals surface area contributed by atoms with E-state index in [0.717, 1.165) is 6.07 Å². The minimum atomic E-state index is -1.10. The van der Waals surface area contributed by atoms with Crippen LogP contribution < -0.4 is 4.74 Å². The molecule has 2 atom stereocenters. The van der Waals surface area contributed by atoms with E-state index in [0.29, 0.717) is 31.1 Å². The van der Waals surface area contributed by atoms with Crippen molar-refractivity contribution in [2.24, 2.45) is 0 Å². The molecule has 27 heavy (non-hydrogen) atoms. The number of carbonyl (C=O) groups is 4. The number of Topliss-reactive ketones (excluding diaryl/α,β-unsaturated/α-hetero) is 1. The van der Waals surface area contributed by atoms with E-state index in [4.69, 9.17) is 4.74 Å². The molecule has 1 aromatic carbocycles. The molecular weight excluding hydrogens is 377 g/mol. The number of ether oxygens (including phenoxy) is 1. The molecule has 9 heteroatoms. The molecule has 1 amide bonds. The average Bonchev–Trinajstić information content (AvgIpc) is 3.10. The Morgan fingerprint density at radius 2 is 2.07 bits per heavy atom. The van der Waals surface area contributed by atoms with Crippen LogP contribution in [-0.4, -0.2) is 57.7 Å². The monoisotopic (exact) mass is 397 g/mol. The molecule has 1 aliphatic heterocycles. The third-order valence-corrected chi connectivity index (χ3v) is 5.25. The van der Waals surface area contributed by atoms with Crippen LogP contribution in [0.25, 0.3) is 0 Å². The number of methoxy groups -OCH3 is 1. The van der Waals surface area contributed by atoms with Crippen molar-refractivity contribution in [2.75, 3.05) is 13.7 Å².